The van der Waals surface area contributed by atoms with E-state index in [9.17, 15) is 10.1 Å². The second kappa shape index (κ2) is 18.7. The van der Waals surface area contributed by atoms with Crippen molar-refractivity contribution in [2.24, 2.45) is 0 Å². The van der Waals surface area contributed by atoms with Gasteiger partial charge in [-0.25, -0.2) is 4.79 Å². The summed E-state index contributed by atoms with van der Waals surface area (Å²) >= 11 is 1.43. The number of esters is 2. The van der Waals surface area contributed by atoms with E-state index in [1.807, 2.05) is 39.1 Å². The standard InChI is InChI=1S/C56H55N5O11S/c1-9-18-67-42-23-32-15-17-60(54(63)34-13-14-37-33(21-34)12-11-16-58-37)56(36(32)24-41(42)65-7)27-73-53-45-44(52-50(70-28-71-52)30(4)49(45)72-31(5)62)40(26-69-55(56)64)61-39(25-57)38-22-35-20-29(3)48(66-8)51(68-19-10-2)43(35)46(47(53)61)59(38)6/h9-14,16,20-21,23-24,38-40,46-47,53H,1-2,15,17-19,22,26-28H2,3-8H3/t38-,39-,40+,46+,47+,53+,56+/m0/s1. The molecule has 12 rings (SSSR count). The number of hydrogen-bond donors (Lipinski definition) is 0. The molecule has 8 heterocycles. The number of nitrogens with zero attached hydrogens (tertiary/aromatic N) is 5. The number of hydrogen-bond acceptors (Lipinski definition) is 16. The second-order valence-corrected chi connectivity index (χ2v) is 20.3. The molecule has 7 aliphatic rings. The minimum Gasteiger partial charge on any atom is -0.493 e. The molecule has 16 nitrogen and oxygen atoms in total. The van der Waals surface area contributed by atoms with Crippen molar-refractivity contribution in [1.29, 1.82) is 5.26 Å². The van der Waals surface area contributed by atoms with Crippen molar-refractivity contribution >= 4 is 40.5 Å². The number of methoxy groups -OCH3 is 2. The van der Waals surface area contributed by atoms with Crippen molar-refractivity contribution < 1.29 is 52.3 Å². The smallest absolute Gasteiger partial charge is 0.337 e. The van der Waals surface area contributed by atoms with E-state index in [1.54, 1.807) is 54.6 Å². The molecule has 0 saturated carbocycles. The van der Waals surface area contributed by atoms with Gasteiger partial charge < -0.3 is 42.8 Å². The predicted octanol–water partition coefficient (Wildman–Crippen LogP) is 7.81. The van der Waals surface area contributed by atoms with Crippen LogP contribution in [0.2, 0.25) is 0 Å². The number of carbonyl (C=O) groups excluding carboxylic acids is 3. The third-order valence-corrected chi connectivity index (χ3v) is 16.9. The number of likely N-dealkylation sites (N-methyl/N-ethyl adjacent to an activating group) is 1. The number of nitriles is 1. The van der Waals surface area contributed by atoms with Gasteiger partial charge in [0.2, 0.25) is 6.79 Å². The molecular weight excluding hydrogens is 951 g/mol. The number of ether oxygens (including phenoxy) is 8. The number of aromatic nitrogens is 1. The van der Waals surface area contributed by atoms with Crippen LogP contribution in [0, 0.1) is 25.2 Å². The number of fused-ring (bicyclic) bond motifs is 10. The molecule has 1 spiro atoms. The first-order valence-corrected chi connectivity index (χ1v) is 25.3. The zero-order chi connectivity index (χ0) is 51.0. The van der Waals surface area contributed by atoms with Gasteiger partial charge in [0.25, 0.3) is 5.91 Å². The van der Waals surface area contributed by atoms with Crippen LogP contribution in [-0.4, -0.2) is 116 Å². The third kappa shape index (κ3) is 7.31. The summed E-state index contributed by atoms with van der Waals surface area (Å²) in [6.07, 6.45) is 5.91. The highest BCUT2D eigenvalue weighted by Gasteiger charge is 2.63. The molecule has 376 valence electrons. The fraction of sp³-hybridized carbons (Fsp3) is 0.375. The minimum absolute atomic E-state index is 0.0666. The Morgan fingerprint density at radius 3 is 2.49 bits per heavy atom. The van der Waals surface area contributed by atoms with Crippen molar-refractivity contribution in [1.82, 2.24) is 19.7 Å². The van der Waals surface area contributed by atoms with E-state index in [1.165, 1.54) is 25.8 Å². The zero-order valence-corrected chi connectivity index (χ0v) is 42.3. The lowest BCUT2D eigenvalue weighted by Crippen LogP contribution is -2.69. The molecule has 1 aromatic heterocycles. The van der Waals surface area contributed by atoms with Crippen molar-refractivity contribution in [2.45, 2.75) is 74.6 Å². The number of carbonyl (C=O) groups is 3. The monoisotopic (exact) mass is 1010 g/mol. The molecule has 17 heteroatoms. The Bertz CT molecular complexity index is 3210. The maximum absolute atomic E-state index is 16.1. The van der Waals surface area contributed by atoms with E-state index < -0.39 is 46.9 Å². The summed E-state index contributed by atoms with van der Waals surface area (Å²) in [7, 11) is 5.19. The molecule has 73 heavy (non-hydrogen) atoms. The molecule has 1 amide bonds. The quantitative estimate of drug-likeness (QED) is 0.0753. The van der Waals surface area contributed by atoms with Crippen molar-refractivity contribution in [3.63, 3.8) is 0 Å². The minimum atomic E-state index is -1.79. The largest absolute Gasteiger partial charge is 0.493 e. The van der Waals surface area contributed by atoms with Crippen molar-refractivity contribution in [3.8, 4) is 46.3 Å². The maximum atomic E-state index is 16.1. The molecule has 0 radical (unpaired) electrons. The van der Waals surface area contributed by atoms with E-state index >= 15 is 9.59 Å². The molecule has 0 N–H and O–H groups in total. The molecule has 2 fully saturated rings. The third-order valence-electron chi connectivity index (χ3n) is 15.4. The first-order chi connectivity index (χ1) is 35.4. The molecule has 2 saturated heterocycles. The Morgan fingerprint density at radius 1 is 0.945 bits per heavy atom. The summed E-state index contributed by atoms with van der Waals surface area (Å²) in [5.41, 5.74) is 5.16. The molecule has 0 aliphatic carbocycles. The summed E-state index contributed by atoms with van der Waals surface area (Å²) in [6.45, 7) is 13.1. The SMILES string of the molecule is C=CCOc1cc2c(cc1OC)[C@@]1(CS[C@@H]3c4c(OC(C)=O)c(C)c5c(c4[C@@H](COC1=O)N1[C@@H]3[C@H]3c4c(cc(C)c(OC)c4OCC=C)C[C@@H]([C@@H]1C#N)N3C)OCO5)N(C(=O)c1ccc3ncccc3c1)CC2. The first-order valence-electron chi connectivity index (χ1n) is 24.3. The number of thioether (sulfide) groups is 1. The predicted molar refractivity (Wildman–Crippen MR) is 271 cm³/mol. The van der Waals surface area contributed by atoms with E-state index in [-0.39, 0.29) is 50.9 Å². The van der Waals surface area contributed by atoms with Crippen LogP contribution in [0.5, 0.6) is 40.2 Å². The van der Waals surface area contributed by atoms with Gasteiger partial charge in [-0.3, -0.25) is 24.4 Å². The Labute approximate surface area is 427 Å². The van der Waals surface area contributed by atoms with E-state index in [0.717, 1.165) is 27.6 Å². The van der Waals surface area contributed by atoms with Gasteiger partial charge >= 0.3 is 11.9 Å². The van der Waals surface area contributed by atoms with Crippen molar-refractivity contribution in [3.05, 3.63) is 130 Å². The normalized spacial score (nSPS) is 24.5. The molecular formula is C56H55N5O11S. The van der Waals surface area contributed by atoms with Gasteiger partial charge in [-0.05, 0) is 92.4 Å². The van der Waals surface area contributed by atoms with Crippen LogP contribution < -0.4 is 33.2 Å². The van der Waals surface area contributed by atoms with Gasteiger partial charge in [-0.2, -0.15) is 5.26 Å². The second-order valence-electron chi connectivity index (χ2n) is 19.1. The lowest BCUT2D eigenvalue weighted by atomic mass is 9.71. The highest BCUT2D eigenvalue weighted by atomic mass is 32.2. The van der Waals surface area contributed by atoms with E-state index in [0.29, 0.717) is 86.4 Å². The van der Waals surface area contributed by atoms with Crippen LogP contribution in [0.25, 0.3) is 10.9 Å². The lowest BCUT2D eigenvalue weighted by molar-refractivity contribution is -0.162. The molecule has 7 aliphatic heterocycles. The number of pyridine rings is 1. The number of aryl methyl sites for hydroxylation is 1. The lowest BCUT2D eigenvalue weighted by Gasteiger charge is -2.62. The van der Waals surface area contributed by atoms with Crippen LogP contribution in [0.3, 0.4) is 0 Å². The molecule has 5 aromatic rings. The number of benzene rings is 4. The van der Waals surface area contributed by atoms with Crippen LogP contribution in [-0.2, 0) is 32.7 Å². The van der Waals surface area contributed by atoms with Gasteiger partial charge in [0.05, 0.1) is 43.1 Å². The summed E-state index contributed by atoms with van der Waals surface area (Å²) in [6, 6.07) is 14.5. The summed E-state index contributed by atoms with van der Waals surface area (Å²) in [4.78, 5) is 55.7. The fourth-order valence-electron chi connectivity index (χ4n) is 12.4. The summed E-state index contributed by atoms with van der Waals surface area (Å²) < 4.78 is 50.6. The Kier molecular flexibility index (Phi) is 12.3. The van der Waals surface area contributed by atoms with Gasteiger partial charge in [-0.1, -0.05) is 37.4 Å². The topological polar surface area (TPSA) is 171 Å². The molecule has 4 bridgehead atoms. The molecule has 7 atom stereocenters. The Balaban J connectivity index is 1.19. The zero-order valence-electron chi connectivity index (χ0n) is 41.5. The number of piperazine rings is 1. The Hall–Kier alpha value is -7.26. The van der Waals surface area contributed by atoms with E-state index in [4.69, 9.17) is 37.9 Å². The molecule has 0 unspecified atom stereocenters. The van der Waals surface area contributed by atoms with Gasteiger partial charge in [0.15, 0.2) is 40.0 Å². The van der Waals surface area contributed by atoms with Crippen LogP contribution in [0.4, 0.5) is 0 Å². The average Bonchev–Trinajstić information content (AvgIpc) is 3.89. The van der Waals surface area contributed by atoms with Crippen LogP contribution >= 0.6 is 11.8 Å². The number of amides is 1. The summed E-state index contributed by atoms with van der Waals surface area (Å²) in [5.74, 6) is 1.41. The van der Waals surface area contributed by atoms with Crippen LogP contribution in [0.15, 0.2) is 80.0 Å². The first kappa shape index (κ1) is 48.0. The highest BCUT2D eigenvalue weighted by Crippen LogP contribution is 2.65. The molecule has 4 aromatic carbocycles. The van der Waals surface area contributed by atoms with E-state index in [2.05, 4.69) is 40.1 Å². The average molecular weight is 1010 g/mol. The van der Waals surface area contributed by atoms with Crippen LogP contribution in [0.1, 0.15) is 79.1 Å². The van der Waals surface area contributed by atoms with Gasteiger partial charge in [0, 0.05) is 70.7 Å². The highest BCUT2D eigenvalue weighted by molar-refractivity contribution is 7.99. The van der Waals surface area contributed by atoms with Gasteiger partial charge in [0.1, 0.15) is 31.6 Å². The van der Waals surface area contributed by atoms with Crippen molar-refractivity contribution in [2.75, 3.05) is 60.2 Å². The fourth-order valence-corrected chi connectivity index (χ4v) is 14.2. The summed E-state index contributed by atoms with van der Waals surface area (Å²) in [5, 5.41) is 11.6. The maximum Gasteiger partial charge on any atom is 0.337 e. The van der Waals surface area contributed by atoms with Gasteiger partial charge in [-0.15, -0.1) is 11.8 Å². The Morgan fingerprint density at radius 2 is 1.74 bits per heavy atom. The number of rotatable bonds is 10.